The fraction of sp³-hybridized carbons (Fsp3) is 0.375. The van der Waals surface area contributed by atoms with Crippen LogP contribution in [-0.4, -0.2) is 29.1 Å². The van der Waals surface area contributed by atoms with Crippen LogP contribution in [-0.2, 0) is 6.54 Å². The van der Waals surface area contributed by atoms with E-state index in [9.17, 15) is 4.39 Å². The molecule has 0 amide bonds. The van der Waals surface area contributed by atoms with Crippen LogP contribution in [0.1, 0.15) is 12.5 Å². The second-order valence-corrected chi connectivity index (χ2v) is 5.89. The lowest BCUT2D eigenvalue weighted by Gasteiger charge is -2.39. The third kappa shape index (κ3) is 1.45. The highest BCUT2D eigenvalue weighted by Gasteiger charge is 2.32. The third-order valence-corrected chi connectivity index (χ3v) is 4.46. The Morgan fingerprint density at radius 2 is 2.11 bits per heavy atom. The van der Waals surface area contributed by atoms with Crippen molar-refractivity contribution in [3.63, 3.8) is 0 Å². The molecular weight excluding hydrogens is 239 g/mol. The molecule has 0 N–H and O–H groups in total. The van der Waals surface area contributed by atoms with E-state index in [1.54, 1.807) is 6.20 Å². The average molecular weight is 256 g/mol. The molecule has 3 heteroatoms. The van der Waals surface area contributed by atoms with Gasteiger partial charge >= 0.3 is 0 Å². The van der Waals surface area contributed by atoms with Crippen LogP contribution in [0.3, 0.4) is 0 Å². The Morgan fingerprint density at radius 1 is 1.26 bits per heavy atom. The summed E-state index contributed by atoms with van der Waals surface area (Å²) in [6, 6.07) is 6.35. The summed E-state index contributed by atoms with van der Waals surface area (Å²) in [5.74, 6) is 0.449. The Morgan fingerprint density at radius 3 is 2.95 bits per heavy atom. The number of hydrogen-bond donors (Lipinski definition) is 0. The molecular formula is C16H17FN2. The highest BCUT2D eigenvalue weighted by molar-refractivity contribution is 5.95. The number of para-hydroxylation sites is 1. The van der Waals surface area contributed by atoms with Crippen molar-refractivity contribution in [3.05, 3.63) is 41.9 Å². The third-order valence-electron chi connectivity index (χ3n) is 4.46. The maximum Gasteiger partial charge on any atom is 0.148 e. The lowest BCUT2D eigenvalue weighted by atomic mass is 9.86. The largest absolute Gasteiger partial charge is 0.342 e. The first-order chi connectivity index (χ1) is 9.15. The van der Waals surface area contributed by atoms with Crippen molar-refractivity contribution in [3.8, 4) is 0 Å². The fourth-order valence-electron chi connectivity index (χ4n) is 3.68. The molecule has 1 aromatic carbocycles. The SMILES string of the molecule is C[C@H]1C=C2c3cccc4c(F)cn(c34)C[C@@H]2N(C)C1. The van der Waals surface area contributed by atoms with Crippen molar-refractivity contribution in [2.24, 2.45) is 5.92 Å². The van der Waals surface area contributed by atoms with Gasteiger partial charge in [0.15, 0.2) is 0 Å². The number of benzene rings is 1. The van der Waals surface area contributed by atoms with Gasteiger partial charge in [0, 0.05) is 30.2 Å². The summed E-state index contributed by atoms with van der Waals surface area (Å²) >= 11 is 0. The molecule has 2 aliphatic rings. The number of fused-ring (bicyclic) bond motifs is 2. The highest BCUT2D eigenvalue weighted by atomic mass is 19.1. The van der Waals surface area contributed by atoms with E-state index in [4.69, 9.17) is 0 Å². The van der Waals surface area contributed by atoms with Gasteiger partial charge in [0.25, 0.3) is 0 Å². The molecule has 0 saturated carbocycles. The molecule has 1 aromatic heterocycles. The minimum atomic E-state index is -0.105. The molecule has 0 saturated heterocycles. The molecule has 0 unspecified atom stereocenters. The van der Waals surface area contributed by atoms with Gasteiger partial charge in [0.2, 0.25) is 0 Å². The second kappa shape index (κ2) is 3.70. The molecule has 0 fully saturated rings. The highest BCUT2D eigenvalue weighted by Crippen LogP contribution is 2.39. The number of likely N-dealkylation sites (N-methyl/N-ethyl adjacent to an activating group) is 1. The first-order valence-corrected chi connectivity index (χ1v) is 6.85. The van der Waals surface area contributed by atoms with Crippen LogP contribution in [0.5, 0.6) is 0 Å². The summed E-state index contributed by atoms with van der Waals surface area (Å²) < 4.78 is 16.1. The monoisotopic (exact) mass is 256 g/mol. The summed E-state index contributed by atoms with van der Waals surface area (Å²) in [4.78, 5) is 2.39. The smallest absolute Gasteiger partial charge is 0.148 e. The predicted octanol–water partition coefficient (Wildman–Crippen LogP) is 3.13. The maximum absolute atomic E-state index is 14.0. The van der Waals surface area contributed by atoms with Crippen LogP contribution in [0, 0.1) is 11.7 Å². The molecule has 98 valence electrons. The summed E-state index contributed by atoms with van der Waals surface area (Å²) in [5, 5.41) is 0.748. The molecule has 2 aliphatic heterocycles. The van der Waals surface area contributed by atoms with E-state index < -0.39 is 0 Å². The van der Waals surface area contributed by atoms with E-state index in [1.165, 1.54) is 11.1 Å². The van der Waals surface area contributed by atoms with Crippen molar-refractivity contribution >= 4 is 16.5 Å². The van der Waals surface area contributed by atoms with Crippen molar-refractivity contribution in [1.29, 1.82) is 0 Å². The van der Waals surface area contributed by atoms with E-state index >= 15 is 0 Å². The molecule has 2 aromatic rings. The van der Waals surface area contributed by atoms with Gasteiger partial charge in [-0.3, -0.25) is 4.90 Å². The predicted molar refractivity (Wildman–Crippen MR) is 75.5 cm³/mol. The minimum Gasteiger partial charge on any atom is -0.342 e. The fourth-order valence-corrected chi connectivity index (χ4v) is 3.68. The molecule has 0 bridgehead atoms. The summed E-state index contributed by atoms with van der Waals surface area (Å²) in [7, 11) is 2.17. The van der Waals surface area contributed by atoms with E-state index in [0.717, 1.165) is 24.0 Å². The van der Waals surface area contributed by atoms with Gasteiger partial charge in [-0.1, -0.05) is 25.1 Å². The van der Waals surface area contributed by atoms with Crippen molar-refractivity contribution in [2.75, 3.05) is 13.6 Å². The van der Waals surface area contributed by atoms with Gasteiger partial charge in [0.05, 0.1) is 11.6 Å². The molecule has 2 atom stereocenters. The average Bonchev–Trinajstić information content (AvgIpc) is 2.70. The van der Waals surface area contributed by atoms with Gasteiger partial charge in [-0.15, -0.1) is 0 Å². The van der Waals surface area contributed by atoms with Crippen LogP contribution >= 0.6 is 0 Å². The quantitative estimate of drug-likeness (QED) is 0.703. The Balaban J connectivity index is 2.04. The number of hydrogen-bond acceptors (Lipinski definition) is 1. The topological polar surface area (TPSA) is 8.17 Å². The normalized spacial score (nSPS) is 26.4. The molecule has 0 aliphatic carbocycles. The van der Waals surface area contributed by atoms with E-state index in [1.807, 2.05) is 12.1 Å². The zero-order valence-electron chi connectivity index (χ0n) is 11.2. The maximum atomic E-state index is 14.0. The Bertz CT molecular complexity index is 698. The van der Waals surface area contributed by atoms with Crippen LogP contribution in [0.25, 0.3) is 16.5 Å². The number of halogens is 1. The lowest BCUT2D eigenvalue weighted by molar-refractivity contribution is 0.234. The van der Waals surface area contributed by atoms with Gasteiger partial charge in [-0.2, -0.15) is 0 Å². The van der Waals surface area contributed by atoms with Crippen LogP contribution in [0.2, 0.25) is 0 Å². The number of aromatic nitrogens is 1. The summed E-state index contributed by atoms with van der Waals surface area (Å²) in [5.41, 5.74) is 3.64. The Labute approximate surface area is 112 Å². The summed E-state index contributed by atoms with van der Waals surface area (Å²) in [6.45, 7) is 4.17. The standard InChI is InChI=1S/C16H17FN2/c1-10-6-13-11-4-3-5-12-14(17)8-19(16(11)12)9-15(13)18(2)7-10/h3-6,8,10,15H,7,9H2,1-2H3/t10-,15-/m0/s1. The molecule has 4 rings (SSSR count). The lowest BCUT2D eigenvalue weighted by Crippen LogP contribution is -2.43. The van der Waals surface area contributed by atoms with E-state index in [-0.39, 0.29) is 5.82 Å². The molecule has 2 nitrogen and oxygen atoms in total. The molecule has 0 radical (unpaired) electrons. The molecule has 0 spiro atoms. The van der Waals surface area contributed by atoms with Crippen molar-refractivity contribution in [1.82, 2.24) is 9.47 Å². The van der Waals surface area contributed by atoms with E-state index in [2.05, 4.69) is 35.6 Å². The first-order valence-electron chi connectivity index (χ1n) is 6.85. The molecule has 3 heterocycles. The zero-order chi connectivity index (χ0) is 13.1. The Hall–Kier alpha value is -1.61. The minimum absolute atomic E-state index is 0.105. The number of rotatable bonds is 0. The van der Waals surface area contributed by atoms with Gasteiger partial charge in [0.1, 0.15) is 5.82 Å². The second-order valence-electron chi connectivity index (χ2n) is 5.89. The first kappa shape index (κ1) is 11.2. The molecule has 19 heavy (non-hydrogen) atoms. The van der Waals surface area contributed by atoms with Crippen LogP contribution in [0.4, 0.5) is 4.39 Å². The number of nitrogens with zero attached hydrogens (tertiary/aromatic N) is 2. The Kier molecular flexibility index (Phi) is 2.19. The van der Waals surface area contributed by atoms with Crippen molar-refractivity contribution in [2.45, 2.75) is 19.5 Å². The van der Waals surface area contributed by atoms with Crippen molar-refractivity contribution < 1.29 is 4.39 Å². The van der Waals surface area contributed by atoms with Gasteiger partial charge in [-0.05, 0) is 24.6 Å². The zero-order valence-corrected chi connectivity index (χ0v) is 11.2. The van der Waals surface area contributed by atoms with Crippen LogP contribution < -0.4 is 0 Å². The summed E-state index contributed by atoms with van der Waals surface area (Å²) in [6.07, 6.45) is 4.02. The van der Waals surface area contributed by atoms with Gasteiger partial charge in [-0.25, -0.2) is 4.39 Å². The van der Waals surface area contributed by atoms with Gasteiger partial charge < -0.3 is 4.57 Å². The van der Waals surface area contributed by atoms with E-state index in [0.29, 0.717) is 12.0 Å². The van der Waals surface area contributed by atoms with Crippen LogP contribution in [0.15, 0.2) is 30.5 Å².